The number of benzene rings is 1. The van der Waals surface area contributed by atoms with Gasteiger partial charge in [0.25, 0.3) is 0 Å². The number of halogens is 1. The fourth-order valence-electron chi connectivity index (χ4n) is 1.98. The third kappa shape index (κ3) is 1.70. The molecule has 0 bridgehead atoms. The molecule has 0 aliphatic heterocycles. The first-order valence-electron chi connectivity index (χ1n) is 5.74. The van der Waals surface area contributed by atoms with E-state index < -0.39 is 0 Å². The van der Waals surface area contributed by atoms with E-state index in [0.717, 1.165) is 14.7 Å². The zero-order chi connectivity index (χ0) is 13.7. The van der Waals surface area contributed by atoms with Crippen LogP contribution < -0.4 is 5.56 Å². The topological polar surface area (TPSA) is 60.9 Å². The van der Waals surface area contributed by atoms with Crippen molar-refractivity contribution >= 4 is 48.5 Å². The van der Waals surface area contributed by atoms with Crippen molar-refractivity contribution in [2.45, 2.75) is 0 Å². The Hall–Kier alpha value is -1.99. The van der Waals surface area contributed by atoms with Crippen LogP contribution in [-0.2, 0) is 0 Å². The minimum Gasteiger partial charge on any atom is -0.458 e. The Kier molecular flexibility index (Phi) is 2.51. The first-order chi connectivity index (χ1) is 9.72. The third-order valence-electron chi connectivity index (χ3n) is 2.91. The first kappa shape index (κ1) is 11.8. The van der Waals surface area contributed by atoms with E-state index in [1.807, 2.05) is 18.2 Å². The second-order valence-corrected chi connectivity index (χ2v) is 6.10. The molecule has 4 rings (SSSR count). The number of fused-ring (bicyclic) bond motifs is 2. The van der Waals surface area contributed by atoms with Crippen molar-refractivity contribution in [3.8, 4) is 5.13 Å². The zero-order valence-corrected chi connectivity index (χ0v) is 12.3. The first-order valence-corrected chi connectivity index (χ1v) is 7.35. The Labute approximate surface area is 124 Å². The molecule has 98 valence electrons. The van der Waals surface area contributed by atoms with Gasteiger partial charge in [-0.05, 0) is 24.3 Å². The van der Waals surface area contributed by atoms with E-state index in [1.165, 1.54) is 22.3 Å². The average Bonchev–Trinajstić information content (AvgIpc) is 3.04. The van der Waals surface area contributed by atoms with E-state index in [9.17, 15) is 4.79 Å². The molecule has 0 spiro atoms. The summed E-state index contributed by atoms with van der Waals surface area (Å²) >= 11 is 4.83. The van der Waals surface area contributed by atoms with Gasteiger partial charge in [-0.15, -0.1) is 0 Å². The molecule has 0 saturated heterocycles. The van der Waals surface area contributed by atoms with Crippen LogP contribution in [0.4, 0.5) is 0 Å². The van der Waals surface area contributed by atoms with Crippen LogP contribution in [-0.4, -0.2) is 14.8 Å². The molecule has 0 radical (unpaired) electrons. The minimum absolute atomic E-state index is 0.292. The van der Waals surface area contributed by atoms with Crippen molar-refractivity contribution in [1.82, 2.24) is 14.8 Å². The van der Waals surface area contributed by atoms with Gasteiger partial charge in [0.05, 0.1) is 22.7 Å². The van der Waals surface area contributed by atoms with Crippen LogP contribution >= 0.6 is 27.3 Å². The van der Waals surface area contributed by atoms with E-state index >= 15 is 0 Å². The molecule has 0 amide bonds. The van der Waals surface area contributed by atoms with Gasteiger partial charge in [0, 0.05) is 9.86 Å². The monoisotopic (exact) mass is 347 g/mol. The number of hydrogen-bond acceptors (Lipinski definition) is 5. The Morgan fingerprint density at radius 3 is 3.10 bits per heavy atom. The molecule has 0 atom stereocenters. The number of furan rings is 1. The molecule has 1 aromatic carbocycles. The van der Waals surface area contributed by atoms with Gasteiger partial charge in [-0.25, -0.2) is 4.98 Å². The second-order valence-electron chi connectivity index (χ2n) is 4.18. The fourth-order valence-corrected chi connectivity index (χ4v) is 3.45. The van der Waals surface area contributed by atoms with Crippen LogP contribution in [0.25, 0.3) is 26.3 Å². The molecule has 0 aliphatic rings. The average molecular weight is 348 g/mol. The molecule has 20 heavy (non-hydrogen) atoms. The van der Waals surface area contributed by atoms with Gasteiger partial charge in [-0.1, -0.05) is 27.3 Å². The molecule has 3 aromatic heterocycles. The van der Waals surface area contributed by atoms with Gasteiger partial charge in [0.2, 0.25) is 10.7 Å². The minimum atomic E-state index is -0.300. The van der Waals surface area contributed by atoms with Crippen molar-refractivity contribution in [2.75, 3.05) is 0 Å². The van der Waals surface area contributed by atoms with Crippen LogP contribution in [0.5, 0.6) is 0 Å². The Balaban J connectivity index is 2.00. The summed E-state index contributed by atoms with van der Waals surface area (Å²) in [5, 5.41) is 5.37. The van der Waals surface area contributed by atoms with Crippen LogP contribution in [0.2, 0.25) is 0 Å². The van der Waals surface area contributed by atoms with E-state index in [1.54, 1.807) is 12.3 Å². The van der Waals surface area contributed by atoms with E-state index in [2.05, 4.69) is 26.0 Å². The molecule has 7 heteroatoms. The Bertz CT molecular complexity index is 1000. The molecule has 0 fully saturated rings. The maximum absolute atomic E-state index is 12.3. The maximum atomic E-state index is 12.3. The van der Waals surface area contributed by atoms with Gasteiger partial charge < -0.3 is 4.42 Å². The molecule has 3 heterocycles. The van der Waals surface area contributed by atoms with Crippen LogP contribution in [0.1, 0.15) is 0 Å². The predicted octanol–water partition coefficient (Wildman–Crippen LogP) is 3.35. The lowest BCUT2D eigenvalue weighted by molar-refractivity contribution is 0.603. The second kappa shape index (κ2) is 4.26. The van der Waals surface area contributed by atoms with Gasteiger partial charge in [0.15, 0.2) is 0 Å². The third-order valence-corrected chi connectivity index (χ3v) is 4.40. The van der Waals surface area contributed by atoms with E-state index in [-0.39, 0.29) is 5.56 Å². The van der Waals surface area contributed by atoms with Gasteiger partial charge in [-0.3, -0.25) is 4.79 Å². The number of thiazole rings is 1. The van der Waals surface area contributed by atoms with Crippen molar-refractivity contribution < 1.29 is 4.42 Å². The largest absolute Gasteiger partial charge is 0.458 e. The van der Waals surface area contributed by atoms with Crippen molar-refractivity contribution in [3.63, 3.8) is 0 Å². The highest BCUT2D eigenvalue weighted by molar-refractivity contribution is 9.10. The number of nitrogens with zero attached hydrogens (tertiary/aromatic N) is 3. The Morgan fingerprint density at radius 1 is 1.30 bits per heavy atom. The number of rotatable bonds is 1. The lowest BCUT2D eigenvalue weighted by Crippen LogP contribution is -2.20. The summed E-state index contributed by atoms with van der Waals surface area (Å²) in [6, 6.07) is 7.49. The van der Waals surface area contributed by atoms with Crippen molar-refractivity contribution in [3.05, 3.63) is 51.6 Å². The summed E-state index contributed by atoms with van der Waals surface area (Å²) in [7, 11) is 0. The highest BCUT2D eigenvalue weighted by Crippen LogP contribution is 2.26. The SMILES string of the molecule is O=c1c2occc2cnn1-c1nc2ccc(Br)cc2s1. The lowest BCUT2D eigenvalue weighted by Gasteiger charge is -1.97. The lowest BCUT2D eigenvalue weighted by atomic mass is 10.3. The van der Waals surface area contributed by atoms with Crippen LogP contribution in [0, 0.1) is 0 Å². The summed E-state index contributed by atoms with van der Waals surface area (Å²) in [5.74, 6) is 0. The smallest absolute Gasteiger partial charge is 0.317 e. The molecular formula is C13H6BrN3O2S. The number of hydrogen-bond donors (Lipinski definition) is 0. The summed E-state index contributed by atoms with van der Waals surface area (Å²) in [4.78, 5) is 16.7. The van der Waals surface area contributed by atoms with Crippen LogP contribution in [0.3, 0.4) is 0 Å². The quantitative estimate of drug-likeness (QED) is 0.529. The van der Waals surface area contributed by atoms with Crippen molar-refractivity contribution in [2.24, 2.45) is 0 Å². The molecule has 4 aromatic rings. The Morgan fingerprint density at radius 2 is 2.20 bits per heavy atom. The molecular weight excluding hydrogens is 342 g/mol. The van der Waals surface area contributed by atoms with Gasteiger partial charge in [-0.2, -0.15) is 9.78 Å². The predicted molar refractivity (Wildman–Crippen MR) is 80.5 cm³/mol. The van der Waals surface area contributed by atoms with E-state index in [0.29, 0.717) is 16.1 Å². The van der Waals surface area contributed by atoms with Crippen LogP contribution in [0.15, 0.2) is 50.4 Å². The van der Waals surface area contributed by atoms with Gasteiger partial charge in [0.1, 0.15) is 0 Å². The highest BCUT2D eigenvalue weighted by Gasteiger charge is 2.12. The molecule has 0 saturated carbocycles. The van der Waals surface area contributed by atoms with Crippen molar-refractivity contribution in [1.29, 1.82) is 0 Å². The molecule has 0 aliphatic carbocycles. The summed E-state index contributed by atoms with van der Waals surface area (Å²) in [5.41, 5.74) is 0.826. The normalized spacial score (nSPS) is 11.4. The standard InChI is InChI=1S/C13H6BrN3O2S/c14-8-1-2-9-10(5-8)20-13(16-9)17-12(18)11-7(6-15-17)3-4-19-11/h1-6H. The summed E-state index contributed by atoms with van der Waals surface area (Å²) in [6.45, 7) is 0. The summed E-state index contributed by atoms with van der Waals surface area (Å²) in [6.07, 6.45) is 3.08. The number of aromatic nitrogens is 3. The molecule has 0 unspecified atom stereocenters. The summed E-state index contributed by atoms with van der Waals surface area (Å²) < 4.78 is 8.43. The zero-order valence-electron chi connectivity index (χ0n) is 9.91. The highest BCUT2D eigenvalue weighted by atomic mass is 79.9. The fraction of sp³-hybridized carbons (Fsp3) is 0. The molecule has 5 nitrogen and oxygen atoms in total. The van der Waals surface area contributed by atoms with E-state index in [4.69, 9.17) is 4.42 Å². The molecule has 0 N–H and O–H groups in total. The maximum Gasteiger partial charge on any atom is 0.317 e. The van der Waals surface area contributed by atoms with Gasteiger partial charge >= 0.3 is 5.56 Å².